The molecular formula is C11H12ClN3O3. The van der Waals surface area contributed by atoms with Crippen molar-refractivity contribution >= 4 is 28.9 Å². The summed E-state index contributed by atoms with van der Waals surface area (Å²) >= 11 is 5.81. The number of anilines is 1. The zero-order chi connectivity index (χ0) is 13.1. The number of carbonyl (C=O) groups excluding carboxylic acids is 1. The fraction of sp³-hybridized carbons (Fsp3) is 0.364. The topological polar surface area (TPSA) is 84.3 Å². The minimum absolute atomic E-state index is 0.0103. The summed E-state index contributed by atoms with van der Waals surface area (Å²) in [6.45, 7) is 0.451. The molecule has 2 rings (SSSR count). The number of benzene rings is 1. The maximum atomic E-state index is 11.0. The van der Waals surface area contributed by atoms with Gasteiger partial charge in [-0.2, -0.15) is 0 Å². The molecule has 1 aliphatic heterocycles. The van der Waals surface area contributed by atoms with E-state index in [0.29, 0.717) is 23.7 Å². The molecule has 1 aromatic carbocycles. The maximum Gasteiger partial charge on any atom is 0.292 e. The van der Waals surface area contributed by atoms with Crippen LogP contribution in [0.4, 0.5) is 11.4 Å². The molecule has 1 amide bonds. The summed E-state index contributed by atoms with van der Waals surface area (Å²) in [5.74, 6) is 0.0161. The summed E-state index contributed by atoms with van der Waals surface area (Å²) in [4.78, 5) is 21.4. The molecule has 1 fully saturated rings. The Morgan fingerprint density at radius 3 is 2.94 bits per heavy atom. The summed E-state index contributed by atoms with van der Waals surface area (Å²) in [5.41, 5.74) is 0.345. The first kappa shape index (κ1) is 12.6. The second-order valence-corrected chi connectivity index (χ2v) is 4.54. The molecule has 1 unspecified atom stereocenters. The smallest absolute Gasteiger partial charge is 0.292 e. The van der Waals surface area contributed by atoms with Gasteiger partial charge in [0.2, 0.25) is 5.91 Å². The van der Waals surface area contributed by atoms with E-state index < -0.39 is 4.92 Å². The first-order valence-corrected chi connectivity index (χ1v) is 5.91. The molecule has 0 aliphatic carbocycles. The normalized spacial score (nSPS) is 18.5. The van der Waals surface area contributed by atoms with Crippen molar-refractivity contribution in [1.29, 1.82) is 0 Å². The van der Waals surface area contributed by atoms with Crippen molar-refractivity contribution in [3.8, 4) is 0 Å². The van der Waals surface area contributed by atoms with Crippen LogP contribution in [-0.4, -0.2) is 23.4 Å². The molecule has 0 bridgehead atoms. The number of nitrogens with zero attached hydrogens (tertiary/aromatic N) is 1. The van der Waals surface area contributed by atoms with Gasteiger partial charge in [0.15, 0.2) is 0 Å². The van der Waals surface area contributed by atoms with Crippen LogP contribution in [0.15, 0.2) is 18.2 Å². The lowest BCUT2D eigenvalue weighted by atomic mass is 10.2. The Bertz CT molecular complexity index is 492. The first-order valence-electron chi connectivity index (χ1n) is 5.53. The number of carbonyl (C=O) groups is 1. The van der Waals surface area contributed by atoms with Crippen LogP contribution in [0.5, 0.6) is 0 Å². The number of halogens is 1. The van der Waals surface area contributed by atoms with E-state index in [2.05, 4.69) is 10.6 Å². The Morgan fingerprint density at radius 2 is 2.33 bits per heavy atom. The second-order valence-electron chi connectivity index (χ2n) is 4.10. The average Bonchev–Trinajstić information content (AvgIpc) is 2.72. The van der Waals surface area contributed by atoms with Gasteiger partial charge in [-0.15, -0.1) is 0 Å². The highest BCUT2D eigenvalue weighted by Gasteiger charge is 2.21. The van der Waals surface area contributed by atoms with Crippen molar-refractivity contribution < 1.29 is 9.72 Å². The molecule has 1 saturated heterocycles. The van der Waals surface area contributed by atoms with Gasteiger partial charge >= 0.3 is 0 Å². The van der Waals surface area contributed by atoms with Gasteiger partial charge < -0.3 is 10.6 Å². The van der Waals surface area contributed by atoms with E-state index in [1.165, 1.54) is 18.2 Å². The standard InChI is InChI=1S/C11H12ClN3O3/c12-7-1-3-10(15(17)18)9(5-7)13-6-8-2-4-11(16)14-8/h1,3,5,8,13H,2,4,6H2,(H,14,16). The minimum Gasteiger partial charge on any atom is -0.377 e. The van der Waals surface area contributed by atoms with Crippen molar-refractivity contribution in [3.05, 3.63) is 33.3 Å². The molecule has 1 heterocycles. The molecule has 1 aliphatic rings. The van der Waals surface area contributed by atoms with Gasteiger partial charge in [-0.25, -0.2) is 0 Å². The van der Waals surface area contributed by atoms with Crippen LogP contribution < -0.4 is 10.6 Å². The number of nitro groups is 1. The molecule has 96 valence electrons. The van der Waals surface area contributed by atoms with E-state index in [0.717, 1.165) is 6.42 Å². The highest BCUT2D eigenvalue weighted by molar-refractivity contribution is 6.31. The molecule has 2 N–H and O–H groups in total. The van der Waals surface area contributed by atoms with E-state index in [4.69, 9.17) is 11.6 Å². The summed E-state index contributed by atoms with van der Waals surface area (Å²) in [7, 11) is 0. The third-order valence-corrected chi connectivity index (χ3v) is 3.01. The molecule has 0 spiro atoms. The Hall–Kier alpha value is -1.82. The molecule has 1 atom stereocenters. The Kier molecular flexibility index (Phi) is 3.66. The van der Waals surface area contributed by atoms with Gasteiger partial charge in [-0.3, -0.25) is 14.9 Å². The van der Waals surface area contributed by atoms with Crippen LogP contribution in [0, 0.1) is 10.1 Å². The van der Waals surface area contributed by atoms with E-state index in [1.807, 2.05) is 0 Å². The van der Waals surface area contributed by atoms with Crippen LogP contribution in [0.25, 0.3) is 0 Å². The predicted octanol–water partition coefficient (Wildman–Crippen LogP) is 1.94. The zero-order valence-corrected chi connectivity index (χ0v) is 10.2. The average molecular weight is 270 g/mol. The van der Waals surface area contributed by atoms with E-state index in [1.54, 1.807) is 0 Å². The van der Waals surface area contributed by atoms with Crippen LogP contribution in [0.2, 0.25) is 5.02 Å². The number of rotatable bonds is 4. The largest absolute Gasteiger partial charge is 0.377 e. The number of hydrogen-bond donors (Lipinski definition) is 2. The Morgan fingerprint density at radius 1 is 1.56 bits per heavy atom. The van der Waals surface area contributed by atoms with Crippen molar-refractivity contribution in [1.82, 2.24) is 5.32 Å². The van der Waals surface area contributed by atoms with Crippen LogP contribution >= 0.6 is 11.6 Å². The highest BCUT2D eigenvalue weighted by atomic mass is 35.5. The summed E-state index contributed by atoms with van der Waals surface area (Å²) in [5, 5.41) is 17.0. The predicted molar refractivity (Wildman–Crippen MR) is 67.8 cm³/mol. The quantitative estimate of drug-likeness (QED) is 0.646. The molecule has 0 saturated carbocycles. The number of hydrogen-bond acceptors (Lipinski definition) is 4. The van der Waals surface area contributed by atoms with Gasteiger partial charge in [0.1, 0.15) is 5.69 Å². The van der Waals surface area contributed by atoms with E-state index in [-0.39, 0.29) is 17.6 Å². The lowest BCUT2D eigenvalue weighted by molar-refractivity contribution is -0.384. The first-order chi connectivity index (χ1) is 8.56. The second kappa shape index (κ2) is 5.22. The summed E-state index contributed by atoms with van der Waals surface area (Å²) in [6, 6.07) is 4.35. The number of nitrogens with one attached hydrogen (secondary N) is 2. The fourth-order valence-corrected chi connectivity index (χ4v) is 2.04. The summed E-state index contributed by atoms with van der Waals surface area (Å²) < 4.78 is 0. The van der Waals surface area contributed by atoms with Crippen molar-refractivity contribution in [2.75, 3.05) is 11.9 Å². The lowest BCUT2D eigenvalue weighted by Crippen LogP contribution is -2.31. The van der Waals surface area contributed by atoms with Crippen molar-refractivity contribution in [2.45, 2.75) is 18.9 Å². The third kappa shape index (κ3) is 2.89. The van der Waals surface area contributed by atoms with E-state index in [9.17, 15) is 14.9 Å². The van der Waals surface area contributed by atoms with Crippen LogP contribution in [0.1, 0.15) is 12.8 Å². The monoisotopic (exact) mass is 269 g/mol. The highest BCUT2D eigenvalue weighted by Crippen LogP contribution is 2.27. The Labute approximate surface area is 108 Å². The van der Waals surface area contributed by atoms with Crippen LogP contribution in [-0.2, 0) is 4.79 Å². The lowest BCUT2D eigenvalue weighted by Gasteiger charge is -2.12. The fourth-order valence-electron chi connectivity index (χ4n) is 1.87. The Balaban J connectivity index is 2.06. The molecule has 0 radical (unpaired) electrons. The van der Waals surface area contributed by atoms with Gasteiger partial charge in [0, 0.05) is 30.1 Å². The number of nitro benzene ring substituents is 1. The molecule has 1 aromatic rings. The van der Waals surface area contributed by atoms with E-state index >= 15 is 0 Å². The minimum atomic E-state index is -0.466. The number of amides is 1. The molecule has 18 heavy (non-hydrogen) atoms. The van der Waals surface area contributed by atoms with Crippen LogP contribution in [0.3, 0.4) is 0 Å². The zero-order valence-electron chi connectivity index (χ0n) is 9.48. The molecular weight excluding hydrogens is 258 g/mol. The van der Waals surface area contributed by atoms with Crippen molar-refractivity contribution in [2.24, 2.45) is 0 Å². The summed E-state index contributed by atoms with van der Waals surface area (Å²) in [6.07, 6.45) is 1.24. The SMILES string of the molecule is O=C1CCC(CNc2cc(Cl)ccc2[N+](=O)[O-])N1. The molecule has 6 nitrogen and oxygen atoms in total. The van der Waals surface area contributed by atoms with Gasteiger partial charge in [-0.1, -0.05) is 11.6 Å². The van der Waals surface area contributed by atoms with Crippen molar-refractivity contribution in [3.63, 3.8) is 0 Å². The maximum absolute atomic E-state index is 11.0. The van der Waals surface area contributed by atoms with Gasteiger partial charge in [0.05, 0.1) is 4.92 Å². The molecule has 0 aromatic heterocycles. The molecule has 7 heteroatoms. The van der Waals surface area contributed by atoms with Gasteiger partial charge in [0.25, 0.3) is 5.69 Å². The third-order valence-electron chi connectivity index (χ3n) is 2.78. The van der Waals surface area contributed by atoms with Gasteiger partial charge in [-0.05, 0) is 18.6 Å².